The summed E-state index contributed by atoms with van der Waals surface area (Å²) < 4.78 is 67.7. The van der Waals surface area contributed by atoms with Gasteiger partial charge in [0.25, 0.3) is 6.43 Å². The van der Waals surface area contributed by atoms with Crippen molar-refractivity contribution in [1.29, 1.82) is 5.26 Å². The number of halogens is 5. The Balaban J connectivity index is 1.74. The van der Waals surface area contributed by atoms with Crippen molar-refractivity contribution in [3.8, 4) is 6.07 Å². The highest BCUT2D eigenvalue weighted by Crippen LogP contribution is 2.41. The van der Waals surface area contributed by atoms with Crippen LogP contribution in [0, 0.1) is 17.2 Å². The number of nitrogens with one attached hydrogen (secondary N) is 2. The highest BCUT2D eigenvalue weighted by molar-refractivity contribution is 6.04. The Morgan fingerprint density at radius 2 is 1.77 bits per heavy atom. The molecule has 3 aromatic carbocycles. The molecule has 0 spiro atoms. The van der Waals surface area contributed by atoms with Gasteiger partial charge in [-0.1, -0.05) is 48.5 Å². The standard InChI is InChI=1S/C30H26F5N5O3/c31-26(32)21-10-5-11-23-25(21)39-29(43)22(16-40(23)19-9-4-6-17(14-19)15-36)38-28(42)20(12-13-30(33,34)35)24(27(37)41)18-7-2-1-3-8-18/h1-11,14,20,22,24,26H,12-13,16H2,(H2,37,41)(H,38,42)(H,39,43)/t20?,22?,24-/m0/s1. The van der Waals surface area contributed by atoms with Crippen LogP contribution < -0.4 is 21.3 Å². The number of hydrogen-bond donors (Lipinski definition) is 3. The topological polar surface area (TPSA) is 128 Å². The van der Waals surface area contributed by atoms with Crippen LogP contribution in [0.25, 0.3) is 0 Å². The fraction of sp³-hybridized carbons (Fsp3) is 0.267. The molecule has 0 saturated carbocycles. The predicted molar refractivity (Wildman–Crippen MR) is 147 cm³/mol. The zero-order valence-corrected chi connectivity index (χ0v) is 22.4. The van der Waals surface area contributed by atoms with E-state index in [0.29, 0.717) is 5.69 Å². The molecule has 1 aliphatic heterocycles. The number of carbonyl (C=O) groups excluding carboxylic acids is 3. The van der Waals surface area contributed by atoms with E-state index in [-0.39, 0.29) is 29.0 Å². The second-order valence-electron chi connectivity index (χ2n) is 9.92. The number of anilines is 3. The van der Waals surface area contributed by atoms with Gasteiger partial charge in [0, 0.05) is 17.7 Å². The highest BCUT2D eigenvalue weighted by atomic mass is 19.4. The van der Waals surface area contributed by atoms with E-state index in [9.17, 15) is 41.6 Å². The van der Waals surface area contributed by atoms with E-state index in [2.05, 4.69) is 10.6 Å². The highest BCUT2D eigenvalue weighted by Gasteiger charge is 2.40. The molecule has 8 nitrogen and oxygen atoms in total. The Morgan fingerprint density at radius 3 is 2.40 bits per heavy atom. The van der Waals surface area contributed by atoms with Gasteiger partial charge in [0.2, 0.25) is 17.7 Å². The number of nitrogens with two attached hydrogens (primary N) is 1. The lowest BCUT2D eigenvalue weighted by Crippen LogP contribution is -2.51. The van der Waals surface area contributed by atoms with Gasteiger partial charge in [-0.2, -0.15) is 18.4 Å². The number of carbonyl (C=O) groups is 3. The summed E-state index contributed by atoms with van der Waals surface area (Å²) in [6.07, 6.45) is -9.86. The van der Waals surface area contributed by atoms with Gasteiger partial charge in [0.05, 0.1) is 41.4 Å². The molecule has 0 bridgehead atoms. The Bertz CT molecular complexity index is 1540. The van der Waals surface area contributed by atoms with Gasteiger partial charge in [-0.15, -0.1) is 0 Å². The number of fused-ring (bicyclic) bond motifs is 1. The lowest BCUT2D eigenvalue weighted by molar-refractivity contribution is -0.144. The second kappa shape index (κ2) is 12.9. The Morgan fingerprint density at radius 1 is 1.07 bits per heavy atom. The Labute approximate surface area is 243 Å². The SMILES string of the molecule is N#Cc1cccc(N2CC(NC(=O)C(CCC(F)(F)F)[C@@H](C(N)=O)c3ccccc3)C(=O)Nc3c(C(F)F)cccc32)c1. The van der Waals surface area contributed by atoms with Gasteiger partial charge in [0.1, 0.15) is 6.04 Å². The van der Waals surface area contributed by atoms with Crippen LogP contribution in [0.2, 0.25) is 0 Å². The number of alkyl halides is 5. The molecule has 3 atom stereocenters. The number of nitrogens with zero attached hydrogens (tertiary/aromatic N) is 2. The van der Waals surface area contributed by atoms with Gasteiger partial charge < -0.3 is 21.3 Å². The monoisotopic (exact) mass is 599 g/mol. The molecule has 4 N–H and O–H groups in total. The minimum Gasteiger partial charge on any atom is -0.369 e. The van der Waals surface area contributed by atoms with Crippen molar-refractivity contribution in [2.75, 3.05) is 16.8 Å². The van der Waals surface area contributed by atoms with Crippen molar-refractivity contribution in [2.24, 2.45) is 11.7 Å². The fourth-order valence-electron chi connectivity index (χ4n) is 5.08. The van der Waals surface area contributed by atoms with E-state index in [4.69, 9.17) is 5.73 Å². The molecule has 3 amide bonds. The number of primary amides is 1. The predicted octanol–water partition coefficient (Wildman–Crippen LogP) is 5.30. The van der Waals surface area contributed by atoms with Gasteiger partial charge >= 0.3 is 6.18 Å². The summed E-state index contributed by atoms with van der Waals surface area (Å²) in [4.78, 5) is 41.0. The first-order valence-electron chi connectivity index (χ1n) is 13.1. The Hall–Kier alpha value is -4.99. The molecule has 4 rings (SSSR count). The lowest BCUT2D eigenvalue weighted by atomic mass is 9.81. The van der Waals surface area contributed by atoms with Gasteiger partial charge in [-0.25, -0.2) is 8.78 Å². The van der Waals surface area contributed by atoms with Gasteiger partial charge in [-0.05, 0) is 36.2 Å². The van der Waals surface area contributed by atoms with E-state index in [1.165, 1.54) is 53.4 Å². The summed E-state index contributed by atoms with van der Waals surface area (Å²) in [5.41, 5.74) is 5.76. The van der Waals surface area contributed by atoms with Crippen LogP contribution in [-0.2, 0) is 14.4 Å². The van der Waals surface area contributed by atoms with E-state index in [1.807, 2.05) is 6.07 Å². The molecule has 0 fully saturated rings. The normalized spacial score (nSPS) is 16.3. The van der Waals surface area contributed by atoms with Crippen LogP contribution in [0.1, 0.15) is 41.9 Å². The molecular weight excluding hydrogens is 573 g/mol. The number of para-hydroxylation sites is 1. The average Bonchev–Trinajstić information content (AvgIpc) is 3.10. The van der Waals surface area contributed by atoms with Crippen molar-refractivity contribution < 1.29 is 36.3 Å². The molecular formula is C30H26F5N5O3. The minimum atomic E-state index is -4.66. The van der Waals surface area contributed by atoms with Gasteiger partial charge in [-0.3, -0.25) is 14.4 Å². The molecule has 2 unspecified atom stereocenters. The number of rotatable bonds is 9. The van der Waals surface area contributed by atoms with Crippen molar-refractivity contribution in [3.63, 3.8) is 0 Å². The Kier molecular flexibility index (Phi) is 9.28. The van der Waals surface area contributed by atoms with Crippen LogP contribution in [0.5, 0.6) is 0 Å². The van der Waals surface area contributed by atoms with Crippen molar-refractivity contribution in [3.05, 3.63) is 89.5 Å². The summed E-state index contributed by atoms with van der Waals surface area (Å²) in [6.45, 7) is -0.343. The number of amides is 3. The maximum Gasteiger partial charge on any atom is 0.389 e. The minimum absolute atomic E-state index is 0.144. The second-order valence-corrected chi connectivity index (χ2v) is 9.92. The summed E-state index contributed by atoms with van der Waals surface area (Å²) in [5, 5.41) is 14.3. The van der Waals surface area contributed by atoms with E-state index in [0.717, 1.165) is 6.07 Å². The summed E-state index contributed by atoms with van der Waals surface area (Å²) >= 11 is 0. The maximum atomic E-state index is 14.0. The largest absolute Gasteiger partial charge is 0.389 e. The fourth-order valence-corrected chi connectivity index (χ4v) is 5.08. The van der Waals surface area contributed by atoms with Crippen LogP contribution in [0.4, 0.5) is 39.0 Å². The number of benzene rings is 3. The first-order valence-corrected chi connectivity index (χ1v) is 13.1. The molecule has 13 heteroatoms. The maximum absolute atomic E-state index is 14.0. The van der Waals surface area contributed by atoms with Crippen LogP contribution in [0.3, 0.4) is 0 Å². The summed E-state index contributed by atoms with van der Waals surface area (Å²) in [7, 11) is 0. The number of nitriles is 1. The quantitative estimate of drug-likeness (QED) is 0.288. The molecule has 0 aromatic heterocycles. The third-order valence-electron chi connectivity index (χ3n) is 7.08. The number of hydrogen-bond acceptors (Lipinski definition) is 5. The molecule has 3 aromatic rings. The third kappa shape index (κ3) is 7.27. The molecule has 0 radical (unpaired) electrons. The van der Waals surface area contributed by atoms with Crippen molar-refractivity contribution in [2.45, 2.75) is 37.4 Å². The molecule has 224 valence electrons. The molecule has 1 heterocycles. The zero-order valence-electron chi connectivity index (χ0n) is 22.4. The summed E-state index contributed by atoms with van der Waals surface area (Å²) in [5.74, 6) is -6.08. The van der Waals surface area contributed by atoms with E-state index in [1.54, 1.807) is 18.2 Å². The van der Waals surface area contributed by atoms with Crippen LogP contribution >= 0.6 is 0 Å². The van der Waals surface area contributed by atoms with Crippen LogP contribution in [0.15, 0.2) is 72.8 Å². The van der Waals surface area contributed by atoms with Crippen LogP contribution in [-0.4, -0.2) is 36.5 Å². The lowest BCUT2D eigenvalue weighted by Gasteiger charge is -2.29. The third-order valence-corrected chi connectivity index (χ3v) is 7.08. The molecule has 0 saturated heterocycles. The van der Waals surface area contributed by atoms with Crippen molar-refractivity contribution >= 4 is 34.8 Å². The van der Waals surface area contributed by atoms with E-state index >= 15 is 0 Å². The van der Waals surface area contributed by atoms with Gasteiger partial charge in [0.15, 0.2) is 0 Å². The first kappa shape index (κ1) is 31.0. The van der Waals surface area contributed by atoms with Crippen molar-refractivity contribution in [1.82, 2.24) is 5.32 Å². The first-order chi connectivity index (χ1) is 20.4. The molecule has 0 aliphatic carbocycles. The van der Waals surface area contributed by atoms with E-state index < -0.39 is 66.6 Å². The smallest absolute Gasteiger partial charge is 0.369 e. The average molecular weight is 600 g/mol. The molecule has 1 aliphatic rings. The molecule has 43 heavy (non-hydrogen) atoms. The zero-order chi connectivity index (χ0) is 31.3. The summed E-state index contributed by atoms with van der Waals surface area (Å²) in [6, 6.07) is 18.1.